The average molecular weight is 298 g/mol. The van der Waals surface area contributed by atoms with Gasteiger partial charge in [0.1, 0.15) is 11.5 Å². The molecule has 2 heterocycles. The first-order valence-corrected chi connectivity index (χ1v) is 6.84. The maximum Gasteiger partial charge on any atom is 0.280 e. The Labute approximate surface area is 119 Å². The van der Waals surface area contributed by atoms with Crippen LogP contribution in [-0.2, 0) is 13.0 Å². The summed E-state index contributed by atoms with van der Waals surface area (Å²) in [5.74, 6) is -1.53. The van der Waals surface area contributed by atoms with Crippen LogP contribution in [0.2, 0.25) is 0 Å². The number of hydrogen-bond donors (Lipinski definition) is 0. The molecule has 0 N–H and O–H groups in total. The molecule has 1 atom stereocenters. The fourth-order valence-corrected chi connectivity index (χ4v) is 2.92. The number of aromatic nitrogens is 2. The summed E-state index contributed by atoms with van der Waals surface area (Å²) in [6.07, 6.45) is 0.444. The molecular formula is C15H14F4N2. The van der Waals surface area contributed by atoms with E-state index in [1.54, 1.807) is 0 Å². The summed E-state index contributed by atoms with van der Waals surface area (Å²) in [6.45, 7) is 0.204. The van der Waals surface area contributed by atoms with Gasteiger partial charge < -0.3 is 4.57 Å². The highest BCUT2D eigenvalue weighted by Gasteiger charge is 2.26. The number of rotatable bonds is 2. The Morgan fingerprint density at radius 2 is 2.05 bits per heavy atom. The van der Waals surface area contributed by atoms with E-state index in [1.165, 1.54) is 22.9 Å². The summed E-state index contributed by atoms with van der Waals surface area (Å²) in [5.41, 5.74) is 0.0884. The number of benzene rings is 1. The van der Waals surface area contributed by atoms with Crippen LogP contribution in [0.1, 0.15) is 42.3 Å². The van der Waals surface area contributed by atoms with Gasteiger partial charge in [0.2, 0.25) is 0 Å². The number of alkyl halides is 2. The molecule has 0 bridgehead atoms. The van der Waals surface area contributed by atoms with Crippen LogP contribution < -0.4 is 0 Å². The molecular weight excluding hydrogens is 284 g/mol. The van der Waals surface area contributed by atoms with Gasteiger partial charge in [-0.3, -0.25) is 0 Å². The summed E-state index contributed by atoms with van der Waals surface area (Å²) < 4.78 is 54.7. The number of hydrogen-bond acceptors (Lipinski definition) is 1. The zero-order valence-electron chi connectivity index (χ0n) is 11.2. The Balaban J connectivity index is 1.98. The minimum atomic E-state index is -2.62. The minimum absolute atomic E-state index is 0.159. The maximum atomic E-state index is 13.9. The number of aryl methyl sites for hydroxylation is 1. The standard InChI is InChI=1S/C15H14F4N2/c16-11-5-2-4-10(14(11)17)9-3-1-6-13-20-7-12(15(18)19)21(13)8-9/h2,4-5,7,9,15H,1,3,6,8H2/t9-/m1/s1. The lowest BCUT2D eigenvalue weighted by molar-refractivity contribution is 0.140. The van der Waals surface area contributed by atoms with Crippen LogP contribution in [0.15, 0.2) is 24.4 Å². The largest absolute Gasteiger partial charge is 0.327 e. The lowest BCUT2D eigenvalue weighted by Gasteiger charge is -2.18. The molecule has 0 saturated carbocycles. The van der Waals surface area contributed by atoms with Crippen molar-refractivity contribution in [2.24, 2.45) is 0 Å². The SMILES string of the molecule is Fc1cccc([C@@H]2CCCc3ncc(C(F)F)n3C2)c1F. The number of imidazole rings is 1. The Morgan fingerprint density at radius 3 is 2.81 bits per heavy atom. The molecule has 0 spiro atoms. The van der Waals surface area contributed by atoms with E-state index in [4.69, 9.17) is 0 Å². The monoisotopic (exact) mass is 298 g/mol. The first-order chi connectivity index (χ1) is 10.1. The van der Waals surface area contributed by atoms with Crippen molar-refractivity contribution in [2.75, 3.05) is 0 Å². The zero-order valence-corrected chi connectivity index (χ0v) is 11.2. The van der Waals surface area contributed by atoms with Gasteiger partial charge in [0.25, 0.3) is 6.43 Å². The molecule has 1 aliphatic rings. The summed E-state index contributed by atoms with van der Waals surface area (Å²) in [7, 11) is 0. The van der Waals surface area contributed by atoms with Crippen molar-refractivity contribution < 1.29 is 17.6 Å². The van der Waals surface area contributed by atoms with E-state index in [-0.39, 0.29) is 23.7 Å². The second kappa shape index (κ2) is 5.50. The van der Waals surface area contributed by atoms with Crippen molar-refractivity contribution in [2.45, 2.75) is 38.2 Å². The molecule has 0 unspecified atom stereocenters. The van der Waals surface area contributed by atoms with Gasteiger partial charge >= 0.3 is 0 Å². The molecule has 2 aromatic rings. The summed E-state index contributed by atoms with van der Waals surface area (Å²) in [5, 5.41) is 0. The molecule has 3 rings (SSSR count). The molecule has 0 fully saturated rings. The third-order valence-corrected chi connectivity index (χ3v) is 3.97. The second-order valence-electron chi connectivity index (χ2n) is 5.24. The number of fused-ring (bicyclic) bond motifs is 1. The first kappa shape index (κ1) is 14.1. The van der Waals surface area contributed by atoms with Gasteiger partial charge in [-0.2, -0.15) is 0 Å². The molecule has 0 radical (unpaired) electrons. The fraction of sp³-hybridized carbons (Fsp3) is 0.400. The van der Waals surface area contributed by atoms with Crippen LogP contribution in [0.5, 0.6) is 0 Å². The van der Waals surface area contributed by atoms with E-state index in [0.717, 1.165) is 6.07 Å². The third kappa shape index (κ3) is 2.54. The molecule has 1 aliphatic heterocycles. The molecule has 0 aliphatic carbocycles. The van der Waals surface area contributed by atoms with Gasteiger partial charge in [-0.15, -0.1) is 0 Å². The van der Waals surface area contributed by atoms with Crippen molar-refractivity contribution >= 4 is 0 Å². The fourth-order valence-electron chi connectivity index (χ4n) is 2.92. The number of nitrogens with zero attached hydrogens (tertiary/aromatic N) is 2. The van der Waals surface area contributed by atoms with Gasteiger partial charge in [-0.1, -0.05) is 12.1 Å². The molecule has 6 heteroatoms. The van der Waals surface area contributed by atoms with Crippen molar-refractivity contribution in [1.29, 1.82) is 0 Å². The zero-order chi connectivity index (χ0) is 15.0. The first-order valence-electron chi connectivity index (χ1n) is 6.84. The predicted octanol–water partition coefficient (Wildman–Crippen LogP) is 4.22. The van der Waals surface area contributed by atoms with Crippen LogP contribution in [0.25, 0.3) is 0 Å². The molecule has 1 aromatic heterocycles. The van der Waals surface area contributed by atoms with Crippen LogP contribution in [0, 0.1) is 11.6 Å². The minimum Gasteiger partial charge on any atom is -0.327 e. The van der Waals surface area contributed by atoms with E-state index in [2.05, 4.69) is 4.98 Å². The van der Waals surface area contributed by atoms with Gasteiger partial charge in [-0.25, -0.2) is 22.5 Å². The quantitative estimate of drug-likeness (QED) is 0.759. The Kier molecular flexibility index (Phi) is 3.69. The van der Waals surface area contributed by atoms with E-state index >= 15 is 0 Å². The molecule has 1 aromatic carbocycles. The maximum absolute atomic E-state index is 13.9. The highest BCUT2D eigenvalue weighted by Crippen LogP contribution is 2.33. The average Bonchev–Trinajstić information content (AvgIpc) is 2.73. The second-order valence-corrected chi connectivity index (χ2v) is 5.24. The lowest BCUT2D eigenvalue weighted by Crippen LogP contribution is -2.13. The van der Waals surface area contributed by atoms with Gasteiger partial charge in [-0.05, 0) is 24.5 Å². The summed E-state index contributed by atoms with van der Waals surface area (Å²) in [6, 6.07) is 4.03. The Bertz CT molecular complexity index is 651. The van der Waals surface area contributed by atoms with Crippen molar-refractivity contribution in [3.63, 3.8) is 0 Å². The Morgan fingerprint density at radius 1 is 1.24 bits per heavy atom. The smallest absolute Gasteiger partial charge is 0.280 e. The van der Waals surface area contributed by atoms with E-state index < -0.39 is 18.1 Å². The van der Waals surface area contributed by atoms with Crippen LogP contribution in [0.4, 0.5) is 17.6 Å². The van der Waals surface area contributed by atoms with E-state index in [9.17, 15) is 17.6 Å². The van der Waals surface area contributed by atoms with Crippen molar-refractivity contribution in [3.8, 4) is 0 Å². The third-order valence-electron chi connectivity index (χ3n) is 3.97. The normalized spacial score (nSPS) is 18.6. The Hall–Kier alpha value is -1.85. The summed E-state index contributed by atoms with van der Waals surface area (Å²) in [4.78, 5) is 4.02. The van der Waals surface area contributed by atoms with Crippen LogP contribution in [0.3, 0.4) is 0 Å². The molecule has 112 valence electrons. The molecule has 2 nitrogen and oxygen atoms in total. The lowest BCUT2D eigenvalue weighted by atomic mass is 9.93. The van der Waals surface area contributed by atoms with Gasteiger partial charge in [0, 0.05) is 18.9 Å². The van der Waals surface area contributed by atoms with Crippen molar-refractivity contribution in [1.82, 2.24) is 9.55 Å². The molecule has 21 heavy (non-hydrogen) atoms. The highest BCUT2D eigenvalue weighted by atomic mass is 19.3. The van der Waals surface area contributed by atoms with Crippen molar-refractivity contribution in [3.05, 3.63) is 53.1 Å². The van der Waals surface area contributed by atoms with E-state index in [0.29, 0.717) is 25.1 Å². The predicted molar refractivity (Wildman–Crippen MR) is 69.2 cm³/mol. The topological polar surface area (TPSA) is 17.8 Å². The van der Waals surface area contributed by atoms with Crippen LogP contribution in [-0.4, -0.2) is 9.55 Å². The van der Waals surface area contributed by atoms with Crippen LogP contribution >= 0.6 is 0 Å². The van der Waals surface area contributed by atoms with Gasteiger partial charge in [0.15, 0.2) is 11.6 Å². The molecule has 0 saturated heterocycles. The summed E-state index contributed by atoms with van der Waals surface area (Å²) >= 11 is 0. The number of halogens is 4. The van der Waals surface area contributed by atoms with Gasteiger partial charge in [0.05, 0.1) is 6.20 Å². The molecule has 0 amide bonds. The van der Waals surface area contributed by atoms with E-state index in [1.807, 2.05) is 0 Å². The highest BCUT2D eigenvalue weighted by molar-refractivity contribution is 5.24.